The minimum atomic E-state index is -0.618. The van der Waals surface area contributed by atoms with Crippen molar-refractivity contribution < 1.29 is 33.4 Å². The molecule has 4 rings (SSSR count). The van der Waals surface area contributed by atoms with Gasteiger partial charge in [0.2, 0.25) is 5.91 Å². The Morgan fingerprint density at radius 2 is 1.86 bits per heavy atom. The van der Waals surface area contributed by atoms with Crippen LogP contribution < -0.4 is 14.8 Å². The van der Waals surface area contributed by atoms with Crippen molar-refractivity contribution in [3.05, 3.63) is 92.8 Å². The van der Waals surface area contributed by atoms with Gasteiger partial charge in [-0.15, -0.1) is 0 Å². The lowest BCUT2D eigenvalue weighted by Crippen LogP contribution is -2.36. The van der Waals surface area contributed by atoms with E-state index in [1.165, 1.54) is 25.3 Å². The van der Waals surface area contributed by atoms with Gasteiger partial charge in [-0.05, 0) is 72.6 Å². The number of nitrogens with one attached hydrogen (secondary N) is 1. The van der Waals surface area contributed by atoms with Crippen LogP contribution in [0.25, 0.3) is 6.08 Å². The van der Waals surface area contributed by atoms with Crippen molar-refractivity contribution >= 4 is 58.1 Å². The van der Waals surface area contributed by atoms with Crippen LogP contribution in [0.5, 0.6) is 11.5 Å². The lowest BCUT2D eigenvalue weighted by atomic mass is 10.1. The predicted octanol–water partition coefficient (Wildman–Crippen LogP) is 6.87. The number of benzene rings is 3. The molecular weight excluding hydrogens is 592 g/mol. The summed E-state index contributed by atoms with van der Waals surface area (Å²) in [6.45, 7) is 4.10. The van der Waals surface area contributed by atoms with Crippen LogP contribution in [0.4, 0.5) is 10.5 Å². The zero-order valence-corrected chi connectivity index (χ0v) is 25.5. The number of amides is 3. The molecule has 0 saturated carbocycles. The highest BCUT2D eigenvalue weighted by Gasteiger charge is 2.36. The van der Waals surface area contributed by atoms with E-state index in [0.29, 0.717) is 30.1 Å². The Bertz CT molecular complexity index is 1570. The van der Waals surface area contributed by atoms with Crippen LogP contribution in [0.1, 0.15) is 46.8 Å². The fourth-order valence-corrected chi connectivity index (χ4v) is 5.17. The fourth-order valence-electron chi connectivity index (χ4n) is 4.13. The number of hydrogen-bond donors (Lipinski definition) is 1. The minimum absolute atomic E-state index is 0.103. The first kappa shape index (κ1) is 31.7. The van der Waals surface area contributed by atoms with Gasteiger partial charge >= 0.3 is 5.97 Å². The summed E-state index contributed by atoms with van der Waals surface area (Å²) in [7, 11) is 1.52. The van der Waals surface area contributed by atoms with Gasteiger partial charge in [-0.25, -0.2) is 4.79 Å². The molecule has 1 N–H and O–H groups in total. The number of anilines is 1. The van der Waals surface area contributed by atoms with Crippen LogP contribution >= 0.6 is 23.4 Å². The highest BCUT2D eigenvalue weighted by atomic mass is 35.5. The molecule has 3 amide bonds. The van der Waals surface area contributed by atoms with E-state index in [4.69, 9.17) is 25.8 Å². The largest absolute Gasteiger partial charge is 0.493 e. The van der Waals surface area contributed by atoms with Crippen LogP contribution in [0, 0.1) is 6.92 Å². The van der Waals surface area contributed by atoms with E-state index in [9.17, 15) is 19.2 Å². The van der Waals surface area contributed by atoms with E-state index in [-0.39, 0.29) is 27.8 Å². The quantitative estimate of drug-likeness (QED) is 0.132. The molecule has 0 spiro atoms. The normalized spacial score (nSPS) is 13.8. The minimum Gasteiger partial charge on any atom is -0.493 e. The predicted molar refractivity (Wildman–Crippen MR) is 166 cm³/mol. The summed E-state index contributed by atoms with van der Waals surface area (Å²) < 4.78 is 16.6. The van der Waals surface area contributed by atoms with Gasteiger partial charge in [0.15, 0.2) is 11.5 Å². The molecule has 224 valence electrons. The Morgan fingerprint density at radius 3 is 2.60 bits per heavy atom. The molecule has 1 saturated heterocycles. The molecule has 0 atom stereocenters. The van der Waals surface area contributed by atoms with Gasteiger partial charge < -0.3 is 19.5 Å². The standard InChI is InChI=1S/C32H31ClN2O7S/c1-4-5-13-41-31(38)24-17-23(10-11-25(24)33)34-29(36)18-35-30(37)28(43-32(35)39)16-21-9-12-26(27(15-21)40-3)42-19-22-8-6-7-20(2)14-22/h6-12,14-17H,4-5,13,18-19H2,1-3H3,(H,34,36)/b28-16-. The lowest BCUT2D eigenvalue weighted by molar-refractivity contribution is -0.127. The summed E-state index contributed by atoms with van der Waals surface area (Å²) >= 11 is 6.87. The van der Waals surface area contributed by atoms with Gasteiger partial charge in [-0.2, -0.15) is 0 Å². The van der Waals surface area contributed by atoms with E-state index in [1.807, 2.05) is 38.1 Å². The number of methoxy groups -OCH3 is 1. The van der Waals surface area contributed by atoms with Crippen molar-refractivity contribution in [3.63, 3.8) is 0 Å². The van der Waals surface area contributed by atoms with E-state index in [0.717, 1.165) is 34.2 Å². The Hall–Kier alpha value is -4.28. The first-order valence-electron chi connectivity index (χ1n) is 13.6. The summed E-state index contributed by atoms with van der Waals surface area (Å²) in [6.07, 6.45) is 3.14. The van der Waals surface area contributed by atoms with Gasteiger partial charge in [0.05, 0.1) is 29.2 Å². The molecule has 0 radical (unpaired) electrons. The van der Waals surface area contributed by atoms with E-state index >= 15 is 0 Å². The van der Waals surface area contributed by atoms with Crippen LogP contribution in [-0.2, 0) is 20.9 Å². The van der Waals surface area contributed by atoms with E-state index < -0.39 is 29.6 Å². The lowest BCUT2D eigenvalue weighted by Gasteiger charge is -2.13. The Labute approximate surface area is 259 Å². The molecule has 0 aliphatic carbocycles. The monoisotopic (exact) mass is 622 g/mol. The maximum atomic E-state index is 13.0. The summed E-state index contributed by atoms with van der Waals surface area (Å²) in [5, 5.41) is 2.20. The first-order valence-corrected chi connectivity index (χ1v) is 14.8. The summed E-state index contributed by atoms with van der Waals surface area (Å²) in [6, 6.07) is 17.5. The number of imide groups is 1. The maximum Gasteiger partial charge on any atom is 0.339 e. The van der Waals surface area contributed by atoms with Gasteiger partial charge in [0.1, 0.15) is 13.2 Å². The molecule has 9 nitrogen and oxygen atoms in total. The number of carbonyl (C=O) groups is 4. The van der Waals surface area contributed by atoms with Gasteiger partial charge in [0.25, 0.3) is 11.1 Å². The Kier molecular flexibility index (Phi) is 10.9. The van der Waals surface area contributed by atoms with Crippen molar-refractivity contribution in [2.24, 2.45) is 0 Å². The van der Waals surface area contributed by atoms with Crippen molar-refractivity contribution in [3.8, 4) is 11.5 Å². The number of halogens is 1. The number of thioether (sulfide) groups is 1. The number of carbonyl (C=O) groups excluding carboxylic acids is 4. The zero-order chi connectivity index (χ0) is 30.9. The number of rotatable bonds is 12. The number of hydrogen-bond acceptors (Lipinski definition) is 8. The van der Waals surface area contributed by atoms with Crippen LogP contribution in [0.2, 0.25) is 5.02 Å². The van der Waals surface area contributed by atoms with Crippen LogP contribution in [0.3, 0.4) is 0 Å². The third-order valence-electron chi connectivity index (χ3n) is 6.34. The average molecular weight is 623 g/mol. The second-order valence-electron chi connectivity index (χ2n) is 9.69. The van der Waals surface area contributed by atoms with Crippen molar-refractivity contribution in [2.75, 3.05) is 25.6 Å². The second kappa shape index (κ2) is 14.8. The van der Waals surface area contributed by atoms with Gasteiger partial charge in [-0.1, -0.05) is 60.8 Å². The molecule has 0 aromatic heterocycles. The zero-order valence-electron chi connectivity index (χ0n) is 24.0. The summed E-state index contributed by atoms with van der Waals surface area (Å²) in [5.74, 6) is -0.816. The molecule has 3 aromatic rings. The molecule has 43 heavy (non-hydrogen) atoms. The van der Waals surface area contributed by atoms with Crippen LogP contribution in [0.15, 0.2) is 65.6 Å². The number of nitrogens with zero attached hydrogens (tertiary/aromatic N) is 1. The number of esters is 1. The number of unbranched alkanes of at least 4 members (excludes halogenated alkanes) is 1. The van der Waals surface area contributed by atoms with E-state index in [1.54, 1.807) is 24.3 Å². The average Bonchev–Trinajstić information content (AvgIpc) is 3.24. The number of ether oxygens (including phenoxy) is 3. The molecule has 0 unspecified atom stereocenters. The topological polar surface area (TPSA) is 111 Å². The molecule has 1 fully saturated rings. The smallest absolute Gasteiger partial charge is 0.339 e. The third-order valence-corrected chi connectivity index (χ3v) is 7.58. The highest BCUT2D eigenvalue weighted by molar-refractivity contribution is 8.18. The van der Waals surface area contributed by atoms with Crippen molar-refractivity contribution in [1.29, 1.82) is 0 Å². The molecular formula is C32H31ClN2O7S. The van der Waals surface area contributed by atoms with Gasteiger partial charge in [0, 0.05) is 5.69 Å². The molecule has 1 heterocycles. The summed E-state index contributed by atoms with van der Waals surface area (Å²) in [5.41, 5.74) is 3.15. The van der Waals surface area contributed by atoms with E-state index in [2.05, 4.69) is 5.32 Å². The highest BCUT2D eigenvalue weighted by Crippen LogP contribution is 2.35. The number of aryl methyl sites for hydroxylation is 1. The summed E-state index contributed by atoms with van der Waals surface area (Å²) in [4.78, 5) is 51.8. The second-order valence-corrected chi connectivity index (χ2v) is 11.1. The fraction of sp³-hybridized carbons (Fsp3) is 0.250. The Morgan fingerprint density at radius 1 is 1.05 bits per heavy atom. The Balaban J connectivity index is 1.39. The molecule has 3 aromatic carbocycles. The SMILES string of the molecule is CCCCOC(=O)c1cc(NC(=O)CN2C(=O)S/C(=C\c3ccc(OCc4cccc(C)c4)c(OC)c3)C2=O)ccc1Cl. The van der Waals surface area contributed by atoms with Crippen molar-refractivity contribution in [1.82, 2.24) is 4.90 Å². The maximum absolute atomic E-state index is 13.0. The third kappa shape index (κ3) is 8.39. The van der Waals surface area contributed by atoms with Gasteiger partial charge in [-0.3, -0.25) is 19.3 Å². The molecule has 0 bridgehead atoms. The van der Waals surface area contributed by atoms with Crippen molar-refractivity contribution in [2.45, 2.75) is 33.3 Å². The first-order chi connectivity index (χ1) is 20.7. The van der Waals surface area contributed by atoms with Crippen LogP contribution in [-0.4, -0.2) is 48.2 Å². The molecule has 1 aliphatic heterocycles. The molecule has 11 heteroatoms. The molecule has 1 aliphatic rings.